The molecule has 2 aliphatic heterocycles. The molecule has 7 nitrogen and oxygen atoms in total. The van der Waals surface area contributed by atoms with Crippen LogP contribution in [0.15, 0.2) is 28.8 Å². The highest BCUT2D eigenvalue weighted by molar-refractivity contribution is 7.16. The van der Waals surface area contributed by atoms with Gasteiger partial charge < -0.3 is 23.5 Å². The summed E-state index contributed by atoms with van der Waals surface area (Å²) in [7, 11) is 0. The molecular formula is C22H25N3O4S. The molecule has 158 valence electrons. The van der Waals surface area contributed by atoms with Crippen LogP contribution in [-0.2, 0) is 9.47 Å². The van der Waals surface area contributed by atoms with Crippen LogP contribution in [0.4, 0.5) is 5.13 Å². The fourth-order valence-electron chi connectivity index (χ4n) is 3.57. The van der Waals surface area contributed by atoms with Crippen LogP contribution in [0.3, 0.4) is 0 Å². The zero-order valence-corrected chi connectivity index (χ0v) is 18.0. The second kappa shape index (κ2) is 8.02. The van der Waals surface area contributed by atoms with Crippen molar-refractivity contribution in [1.29, 1.82) is 0 Å². The number of fused-ring (bicyclic) bond motifs is 1. The van der Waals surface area contributed by atoms with Crippen LogP contribution in [0.25, 0.3) is 23.3 Å². The second-order valence-electron chi connectivity index (χ2n) is 8.02. The van der Waals surface area contributed by atoms with E-state index >= 15 is 0 Å². The lowest BCUT2D eigenvalue weighted by Gasteiger charge is -2.34. The summed E-state index contributed by atoms with van der Waals surface area (Å²) in [5.74, 6) is 0.719. The molecule has 2 saturated heterocycles. The number of nitrogens with zero attached hydrogens (tertiary/aromatic N) is 3. The number of rotatable bonds is 5. The standard InChI is InChI=1S/C22H25N3O4S/c1-22(2)26-13-16(14-27-22)28-15-5-7-18-19(11-15)29-20(24-18)8-6-17-12-23-21(30-17)25-9-3-4-10-25/h5-8,11-12,16H,3-4,9-10,13-14H2,1-2H3. The molecule has 2 aromatic heterocycles. The molecular weight excluding hydrogens is 402 g/mol. The molecule has 0 aliphatic carbocycles. The minimum absolute atomic E-state index is 0.145. The van der Waals surface area contributed by atoms with Crippen molar-refractivity contribution in [2.75, 3.05) is 31.2 Å². The van der Waals surface area contributed by atoms with Crippen LogP contribution in [0.5, 0.6) is 5.75 Å². The summed E-state index contributed by atoms with van der Waals surface area (Å²) in [4.78, 5) is 12.5. The number of anilines is 1. The molecule has 8 heteroatoms. The van der Waals surface area contributed by atoms with E-state index in [0.29, 0.717) is 30.4 Å². The summed E-state index contributed by atoms with van der Waals surface area (Å²) in [5.41, 5.74) is 1.48. The van der Waals surface area contributed by atoms with E-state index in [2.05, 4.69) is 14.9 Å². The summed E-state index contributed by atoms with van der Waals surface area (Å²) in [6.45, 7) is 6.98. The van der Waals surface area contributed by atoms with E-state index < -0.39 is 5.79 Å². The van der Waals surface area contributed by atoms with E-state index in [1.54, 1.807) is 11.3 Å². The van der Waals surface area contributed by atoms with Gasteiger partial charge in [-0.2, -0.15) is 0 Å². The maximum atomic E-state index is 5.98. The van der Waals surface area contributed by atoms with Gasteiger partial charge in [-0.1, -0.05) is 11.3 Å². The molecule has 0 radical (unpaired) electrons. The molecule has 5 rings (SSSR count). The number of hydrogen-bond acceptors (Lipinski definition) is 8. The van der Waals surface area contributed by atoms with Gasteiger partial charge in [0.25, 0.3) is 0 Å². The minimum atomic E-state index is -0.552. The molecule has 0 amide bonds. The summed E-state index contributed by atoms with van der Waals surface area (Å²) in [6, 6.07) is 5.65. The van der Waals surface area contributed by atoms with E-state index in [4.69, 9.17) is 18.6 Å². The van der Waals surface area contributed by atoms with Crippen molar-refractivity contribution in [3.8, 4) is 5.75 Å². The molecule has 2 aliphatic rings. The van der Waals surface area contributed by atoms with Gasteiger partial charge in [0.05, 0.1) is 13.2 Å². The number of thiazole rings is 1. The molecule has 0 unspecified atom stereocenters. The van der Waals surface area contributed by atoms with Crippen LogP contribution >= 0.6 is 11.3 Å². The molecule has 0 bridgehead atoms. The molecule has 0 N–H and O–H groups in total. The van der Waals surface area contributed by atoms with Crippen molar-refractivity contribution in [3.05, 3.63) is 35.2 Å². The summed E-state index contributed by atoms with van der Waals surface area (Å²) >= 11 is 1.69. The van der Waals surface area contributed by atoms with Crippen molar-refractivity contribution >= 4 is 39.7 Å². The quantitative estimate of drug-likeness (QED) is 0.590. The van der Waals surface area contributed by atoms with Gasteiger partial charge in [0, 0.05) is 36.3 Å². The Morgan fingerprint density at radius 1 is 1.17 bits per heavy atom. The molecule has 30 heavy (non-hydrogen) atoms. The topological polar surface area (TPSA) is 69.9 Å². The smallest absolute Gasteiger partial charge is 0.220 e. The molecule has 1 aromatic carbocycles. The monoisotopic (exact) mass is 427 g/mol. The Balaban J connectivity index is 1.25. The lowest BCUT2D eigenvalue weighted by Crippen LogP contribution is -2.44. The van der Waals surface area contributed by atoms with Crippen LogP contribution in [0.1, 0.15) is 37.5 Å². The molecule has 0 saturated carbocycles. The van der Waals surface area contributed by atoms with Gasteiger partial charge in [0.2, 0.25) is 5.89 Å². The Hall–Kier alpha value is -2.42. The highest BCUT2D eigenvalue weighted by Gasteiger charge is 2.29. The summed E-state index contributed by atoms with van der Waals surface area (Å²) in [6.07, 6.45) is 8.13. The van der Waals surface area contributed by atoms with Gasteiger partial charge in [-0.15, -0.1) is 0 Å². The van der Waals surface area contributed by atoms with E-state index in [-0.39, 0.29) is 6.10 Å². The molecule has 0 spiro atoms. The fraction of sp³-hybridized carbons (Fsp3) is 0.455. The van der Waals surface area contributed by atoms with E-state index in [1.807, 2.05) is 50.4 Å². The average molecular weight is 428 g/mol. The molecule has 4 heterocycles. The minimum Gasteiger partial charge on any atom is -0.485 e. The van der Waals surface area contributed by atoms with Crippen molar-refractivity contribution in [1.82, 2.24) is 9.97 Å². The van der Waals surface area contributed by atoms with E-state index in [1.165, 1.54) is 12.8 Å². The van der Waals surface area contributed by atoms with Gasteiger partial charge in [0.1, 0.15) is 17.4 Å². The van der Waals surface area contributed by atoms with Gasteiger partial charge in [0.15, 0.2) is 16.5 Å². The van der Waals surface area contributed by atoms with Gasteiger partial charge in [-0.25, -0.2) is 9.97 Å². The molecule has 2 fully saturated rings. The zero-order valence-electron chi connectivity index (χ0n) is 17.2. The number of oxazole rings is 1. The highest BCUT2D eigenvalue weighted by Crippen LogP contribution is 2.28. The van der Waals surface area contributed by atoms with Gasteiger partial charge in [-0.05, 0) is 44.9 Å². The maximum Gasteiger partial charge on any atom is 0.220 e. The number of ether oxygens (including phenoxy) is 3. The summed E-state index contributed by atoms with van der Waals surface area (Å²) in [5, 5.41) is 1.09. The van der Waals surface area contributed by atoms with Gasteiger partial charge >= 0.3 is 0 Å². The largest absolute Gasteiger partial charge is 0.485 e. The third-order valence-electron chi connectivity index (χ3n) is 5.19. The van der Waals surface area contributed by atoms with Crippen molar-refractivity contribution in [2.24, 2.45) is 0 Å². The van der Waals surface area contributed by atoms with E-state index in [0.717, 1.165) is 28.6 Å². The Morgan fingerprint density at radius 3 is 2.77 bits per heavy atom. The van der Waals surface area contributed by atoms with Crippen LogP contribution in [-0.4, -0.2) is 48.2 Å². The van der Waals surface area contributed by atoms with Crippen LogP contribution < -0.4 is 9.64 Å². The van der Waals surface area contributed by atoms with Crippen molar-refractivity contribution < 1.29 is 18.6 Å². The first kappa shape index (κ1) is 19.5. The lowest BCUT2D eigenvalue weighted by molar-refractivity contribution is -0.268. The number of hydrogen-bond donors (Lipinski definition) is 0. The summed E-state index contributed by atoms with van der Waals surface area (Å²) < 4.78 is 23.2. The molecule has 3 aromatic rings. The Bertz CT molecular complexity index is 1040. The third kappa shape index (κ3) is 4.35. The SMILES string of the molecule is CC1(C)OCC(Oc2ccc3nc(C=Cc4cnc(N5CCCC5)s4)oc3c2)CO1. The highest BCUT2D eigenvalue weighted by atomic mass is 32.1. The Labute approximate surface area is 179 Å². The lowest BCUT2D eigenvalue weighted by atomic mass is 10.3. The third-order valence-corrected chi connectivity index (χ3v) is 6.21. The predicted molar refractivity (Wildman–Crippen MR) is 117 cm³/mol. The fourth-order valence-corrected chi connectivity index (χ4v) is 4.44. The van der Waals surface area contributed by atoms with Crippen molar-refractivity contribution in [3.63, 3.8) is 0 Å². The Morgan fingerprint density at radius 2 is 1.97 bits per heavy atom. The number of aromatic nitrogens is 2. The zero-order chi connectivity index (χ0) is 20.6. The van der Waals surface area contributed by atoms with Crippen LogP contribution in [0, 0.1) is 0 Å². The number of benzene rings is 1. The first-order chi connectivity index (χ1) is 14.5. The van der Waals surface area contributed by atoms with E-state index in [9.17, 15) is 0 Å². The normalized spacial score (nSPS) is 19.9. The second-order valence-corrected chi connectivity index (χ2v) is 9.06. The Kier molecular flexibility index (Phi) is 5.22. The average Bonchev–Trinajstić information content (AvgIpc) is 3.47. The molecule has 0 atom stereocenters. The first-order valence-electron chi connectivity index (χ1n) is 10.3. The van der Waals surface area contributed by atoms with Crippen molar-refractivity contribution in [2.45, 2.75) is 38.6 Å². The van der Waals surface area contributed by atoms with Gasteiger partial charge in [-0.3, -0.25) is 0 Å². The predicted octanol–water partition coefficient (Wildman–Crippen LogP) is 4.59. The van der Waals surface area contributed by atoms with Crippen LogP contribution in [0.2, 0.25) is 0 Å². The maximum absolute atomic E-state index is 5.98. The first-order valence-corrected chi connectivity index (χ1v) is 11.1.